The van der Waals surface area contributed by atoms with Gasteiger partial charge in [-0.1, -0.05) is 45.2 Å². The van der Waals surface area contributed by atoms with Gasteiger partial charge in [-0.25, -0.2) is 4.57 Å². The molecule has 3 rings (SSSR count). The van der Waals surface area contributed by atoms with Crippen molar-refractivity contribution in [3.8, 4) is 5.75 Å². The number of nitrogens with two attached hydrogens (primary N) is 1. The van der Waals surface area contributed by atoms with Crippen LogP contribution in [0.2, 0.25) is 5.15 Å². The third-order valence-corrected chi connectivity index (χ3v) is 4.14. The van der Waals surface area contributed by atoms with Crippen molar-refractivity contribution in [2.45, 2.75) is 6.92 Å². The molecular weight excluding hydrogens is 419 g/mol. The molecule has 5 N–H and O–H groups in total. The first-order valence-electron chi connectivity index (χ1n) is 6.70. The number of aromatic nitrogens is 1. The Bertz CT molecular complexity index is 871. The third-order valence-electron chi connectivity index (χ3n) is 2.96. The predicted molar refractivity (Wildman–Crippen MR) is 99.3 cm³/mol. The SMILES string of the molecule is Cc1ccc(N)cc1.O=P(O)(O)Oc1c(Cl)[nH]c2ccc(Br)cc12. The molecule has 0 bridgehead atoms. The van der Waals surface area contributed by atoms with Crippen molar-refractivity contribution < 1.29 is 18.9 Å². The first-order chi connectivity index (χ1) is 11.2. The number of hydrogen-bond donors (Lipinski definition) is 4. The average Bonchev–Trinajstić information content (AvgIpc) is 2.77. The van der Waals surface area contributed by atoms with Crippen LogP contribution in [-0.4, -0.2) is 14.8 Å². The quantitative estimate of drug-likeness (QED) is 0.348. The number of halogens is 2. The molecule has 128 valence electrons. The van der Waals surface area contributed by atoms with Gasteiger partial charge in [0.1, 0.15) is 0 Å². The van der Waals surface area contributed by atoms with Crippen LogP contribution >= 0.6 is 35.4 Å². The minimum atomic E-state index is -4.62. The Morgan fingerprint density at radius 1 is 1.21 bits per heavy atom. The van der Waals surface area contributed by atoms with Gasteiger partial charge in [-0.15, -0.1) is 0 Å². The van der Waals surface area contributed by atoms with E-state index >= 15 is 0 Å². The molecule has 9 heteroatoms. The normalized spacial score (nSPS) is 11.0. The van der Waals surface area contributed by atoms with Crippen LogP contribution in [-0.2, 0) is 4.57 Å². The summed E-state index contributed by atoms with van der Waals surface area (Å²) in [6.45, 7) is 2.04. The average molecular weight is 434 g/mol. The lowest BCUT2D eigenvalue weighted by Gasteiger charge is -2.05. The summed E-state index contributed by atoms with van der Waals surface area (Å²) in [4.78, 5) is 20.2. The molecular formula is C15H15BrClN2O4P. The van der Waals surface area contributed by atoms with Gasteiger partial charge in [0.05, 0.1) is 5.52 Å². The van der Waals surface area contributed by atoms with Crippen molar-refractivity contribution in [3.05, 3.63) is 57.7 Å². The number of fused-ring (bicyclic) bond motifs is 1. The number of aryl methyl sites for hydroxylation is 1. The summed E-state index contributed by atoms with van der Waals surface area (Å²) in [7, 11) is -4.62. The maximum absolute atomic E-state index is 10.8. The second kappa shape index (κ2) is 7.59. The van der Waals surface area contributed by atoms with Crippen LogP contribution in [0.3, 0.4) is 0 Å². The Balaban J connectivity index is 0.000000219. The van der Waals surface area contributed by atoms with Crippen LogP contribution in [0.25, 0.3) is 10.9 Å². The standard InChI is InChI=1S/C8H6BrClNO4P.C7H9N/c9-4-1-2-6-5(3-4)7(8(10)11-6)15-16(12,13)14;1-6-2-4-7(8)5-3-6/h1-3,11H,(H2,12,13,14);2-5H,8H2,1H3. The minimum Gasteiger partial charge on any atom is -0.400 e. The summed E-state index contributed by atoms with van der Waals surface area (Å²) in [5, 5.41) is 0.555. The van der Waals surface area contributed by atoms with Gasteiger partial charge >= 0.3 is 7.82 Å². The number of hydrogen-bond acceptors (Lipinski definition) is 3. The molecule has 6 nitrogen and oxygen atoms in total. The zero-order chi connectivity index (χ0) is 17.9. The van der Waals surface area contributed by atoms with Gasteiger partial charge < -0.3 is 15.2 Å². The number of benzene rings is 2. The molecule has 0 aliphatic carbocycles. The molecule has 0 aliphatic rings. The van der Waals surface area contributed by atoms with Crippen LogP contribution in [0.5, 0.6) is 5.75 Å². The van der Waals surface area contributed by atoms with Gasteiger partial charge in [-0.2, -0.15) is 0 Å². The van der Waals surface area contributed by atoms with E-state index in [2.05, 4.69) is 25.4 Å². The number of nitrogen functional groups attached to an aromatic ring is 1. The van der Waals surface area contributed by atoms with Crippen molar-refractivity contribution in [3.63, 3.8) is 0 Å². The lowest BCUT2D eigenvalue weighted by atomic mass is 10.2. The second-order valence-electron chi connectivity index (χ2n) is 4.95. The molecule has 0 amide bonds. The summed E-state index contributed by atoms with van der Waals surface area (Å²) in [6.07, 6.45) is 0. The number of rotatable bonds is 2. The van der Waals surface area contributed by atoms with Crippen LogP contribution < -0.4 is 10.3 Å². The zero-order valence-corrected chi connectivity index (χ0v) is 15.8. The summed E-state index contributed by atoms with van der Waals surface area (Å²) >= 11 is 9.04. The highest BCUT2D eigenvalue weighted by molar-refractivity contribution is 9.10. The first-order valence-corrected chi connectivity index (χ1v) is 9.40. The highest BCUT2D eigenvalue weighted by Crippen LogP contribution is 2.45. The molecule has 0 unspecified atom stereocenters. The summed E-state index contributed by atoms with van der Waals surface area (Å²) in [5.74, 6) is -0.0497. The molecule has 0 saturated heterocycles. The van der Waals surface area contributed by atoms with E-state index in [-0.39, 0.29) is 10.9 Å². The van der Waals surface area contributed by atoms with Crippen LogP contribution in [0.15, 0.2) is 46.9 Å². The van der Waals surface area contributed by atoms with Crippen molar-refractivity contribution in [1.29, 1.82) is 0 Å². The van der Waals surface area contributed by atoms with E-state index in [0.717, 1.165) is 10.2 Å². The van der Waals surface area contributed by atoms with Crippen molar-refractivity contribution in [1.82, 2.24) is 4.98 Å². The smallest absolute Gasteiger partial charge is 0.400 e. The molecule has 0 atom stereocenters. The van der Waals surface area contributed by atoms with Crippen LogP contribution in [0.1, 0.15) is 5.56 Å². The van der Waals surface area contributed by atoms with Gasteiger partial charge in [-0.3, -0.25) is 9.79 Å². The highest BCUT2D eigenvalue weighted by Gasteiger charge is 2.22. The molecule has 0 aliphatic heterocycles. The zero-order valence-electron chi connectivity index (χ0n) is 12.5. The molecule has 0 spiro atoms. The Morgan fingerprint density at radius 3 is 2.38 bits per heavy atom. The molecule has 0 radical (unpaired) electrons. The fraction of sp³-hybridized carbons (Fsp3) is 0.0667. The van der Waals surface area contributed by atoms with Crippen molar-refractivity contribution >= 4 is 51.9 Å². The van der Waals surface area contributed by atoms with Gasteiger partial charge in [0.15, 0.2) is 10.9 Å². The number of anilines is 1. The predicted octanol–water partition coefficient (Wildman–Crippen LogP) is 4.63. The Hall–Kier alpha value is -1.50. The Kier molecular flexibility index (Phi) is 5.96. The van der Waals surface area contributed by atoms with E-state index in [1.54, 1.807) is 18.2 Å². The van der Waals surface area contributed by atoms with E-state index in [1.165, 1.54) is 5.56 Å². The summed E-state index contributed by atoms with van der Waals surface area (Å²) in [5.41, 5.74) is 8.14. The Labute approximate surface area is 152 Å². The fourth-order valence-corrected chi connectivity index (χ4v) is 2.97. The maximum atomic E-state index is 10.8. The van der Waals surface area contributed by atoms with Crippen molar-refractivity contribution in [2.75, 3.05) is 5.73 Å². The van der Waals surface area contributed by atoms with Gasteiger partial charge in [0.25, 0.3) is 0 Å². The number of H-pyrrole nitrogens is 1. The molecule has 1 heterocycles. The van der Waals surface area contributed by atoms with Gasteiger partial charge in [0.2, 0.25) is 0 Å². The van der Waals surface area contributed by atoms with E-state index in [1.807, 2.05) is 31.2 Å². The minimum absolute atomic E-state index is 0.0497. The molecule has 24 heavy (non-hydrogen) atoms. The fourth-order valence-electron chi connectivity index (χ4n) is 1.88. The lowest BCUT2D eigenvalue weighted by Crippen LogP contribution is -1.89. The monoisotopic (exact) mass is 432 g/mol. The van der Waals surface area contributed by atoms with Gasteiger partial charge in [0, 0.05) is 15.5 Å². The van der Waals surface area contributed by atoms with E-state index in [4.69, 9.17) is 27.1 Å². The molecule has 0 fully saturated rings. The third kappa shape index (κ3) is 5.26. The summed E-state index contributed by atoms with van der Waals surface area (Å²) in [6, 6.07) is 12.9. The number of nitrogens with one attached hydrogen (secondary N) is 1. The highest BCUT2D eigenvalue weighted by atomic mass is 79.9. The van der Waals surface area contributed by atoms with Crippen molar-refractivity contribution in [2.24, 2.45) is 0 Å². The van der Waals surface area contributed by atoms with Crippen LogP contribution in [0, 0.1) is 6.92 Å². The van der Waals surface area contributed by atoms with Gasteiger partial charge in [-0.05, 0) is 37.3 Å². The maximum Gasteiger partial charge on any atom is 0.524 e. The first kappa shape index (κ1) is 18.8. The van der Waals surface area contributed by atoms with E-state index in [0.29, 0.717) is 10.9 Å². The van der Waals surface area contributed by atoms with E-state index in [9.17, 15) is 4.57 Å². The second-order valence-corrected chi connectivity index (χ2v) is 7.41. The van der Waals surface area contributed by atoms with Crippen LogP contribution in [0.4, 0.5) is 5.69 Å². The topological polar surface area (TPSA) is 109 Å². The lowest BCUT2D eigenvalue weighted by molar-refractivity contribution is 0.284. The largest absolute Gasteiger partial charge is 0.524 e. The molecule has 3 aromatic rings. The molecule has 1 aromatic heterocycles. The molecule has 2 aromatic carbocycles. The summed E-state index contributed by atoms with van der Waals surface area (Å²) < 4.78 is 16.0. The number of aromatic amines is 1. The number of phosphoric ester groups is 1. The number of phosphoric acid groups is 1. The molecule has 0 saturated carbocycles. The van der Waals surface area contributed by atoms with E-state index < -0.39 is 7.82 Å². The Morgan fingerprint density at radius 2 is 1.83 bits per heavy atom.